The molecule has 1 aliphatic rings. The Labute approximate surface area is 154 Å². The molecule has 3 rings (SSSR count). The van der Waals surface area contributed by atoms with Crippen LogP contribution in [0.5, 0.6) is 0 Å². The van der Waals surface area contributed by atoms with Crippen molar-refractivity contribution in [1.29, 1.82) is 0 Å². The van der Waals surface area contributed by atoms with E-state index in [1.165, 1.54) is 0 Å². The summed E-state index contributed by atoms with van der Waals surface area (Å²) in [5, 5.41) is 0. The Hall–Kier alpha value is -1.75. The van der Waals surface area contributed by atoms with Crippen LogP contribution in [0.2, 0.25) is 13.1 Å². The van der Waals surface area contributed by atoms with Gasteiger partial charge in [-0.2, -0.15) is 9.97 Å². The zero-order valence-electron chi connectivity index (χ0n) is 15.9. The lowest BCUT2D eigenvalue weighted by Crippen LogP contribution is -2.36. The summed E-state index contributed by atoms with van der Waals surface area (Å²) in [5.74, 6) is 0.372. The molecule has 0 aliphatic carbocycles. The smallest absolute Gasteiger partial charge is 0.224 e. The fourth-order valence-electron chi connectivity index (χ4n) is 3.01. The highest BCUT2D eigenvalue weighted by atomic mass is 28.3. The van der Waals surface area contributed by atoms with Gasteiger partial charge in [0.1, 0.15) is 17.8 Å². The molecule has 1 saturated heterocycles. The number of rotatable bonds is 5. The van der Waals surface area contributed by atoms with Gasteiger partial charge in [-0.15, -0.1) is 0 Å². The molecule has 1 aliphatic heterocycles. The Bertz CT molecular complexity index is 775. The summed E-state index contributed by atoms with van der Waals surface area (Å²) in [7, 11) is -0.812. The lowest BCUT2D eigenvalue weighted by molar-refractivity contribution is -0.103. The number of anilines is 2. The molecule has 1 fully saturated rings. The van der Waals surface area contributed by atoms with Crippen LogP contribution < -0.4 is 11.5 Å². The van der Waals surface area contributed by atoms with Crippen LogP contribution in [0.4, 0.5) is 11.8 Å². The fourth-order valence-corrected chi connectivity index (χ4v) is 3.51. The summed E-state index contributed by atoms with van der Waals surface area (Å²) in [6, 6.07) is 0. The number of ether oxygens (including phenoxy) is 2. The van der Waals surface area contributed by atoms with E-state index in [2.05, 4.69) is 28.0 Å². The molecule has 0 bridgehead atoms. The summed E-state index contributed by atoms with van der Waals surface area (Å²) in [4.78, 5) is 12.5. The molecule has 0 aromatic carbocycles. The van der Waals surface area contributed by atoms with Gasteiger partial charge in [-0.05, 0) is 33.9 Å². The second-order valence-corrected chi connectivity index (χ2v) is 9.75. The summed E-state index contributed by atoms with van der Waals surface area (Å²) in [5.41, 5.74) is 12.4. The quantitative estimate of drug-likeness (QED) is 0.753. The first-order valence-corrected chi connectivity index (χ1v) is 11.1. The molecule has 2 aromatic heterocycles. The molecule has 4 N–H and O–H groups in total. The molecule has 0 amide bonds. The van der Waals surface area contributed by atoms with E-state index in [0.717, 1.165) is 0 Å². The number of aromatic nitrogens is 4. The van der Waals surface area contributed by atoms with Gasteiger partial charge in [0.2, 0.25) is 15.0 Å². The number of hydrogen-bond donors (Lipinski definition) is 2. The van der Waals surface area contributed by atoms with Crippen molar-refractivity contribution in [1.82, 2.24) is 19.5 Å². The van der Waals surface area contributed by atoms with Crippen molar-refractivity contribution in [2.24, 2.45) is 0 Å². The van der Waals surface area contributed by atoms with Crippen LogP contribution in [0.1, 0.15) is 33.4 Å². The zero-order valence-corrected chi connectivity index (χ0v) is 16.9. The highest BCUT2D eigenvalue weighted by Gasteiger charge is 2.40. The molecule has 10 heteroatoms. The number of nitrogens with zero attached hydrogens (tertiary/aromatic N) is 4. The van der Waals surface area contributed by atoms with E-state index in [1.54, 1.807) is 6.33 Å². The second-order valence-electron chi connectivity index (χ2n) is 7.64. The molecule has 9 nitrogen and oxygen atoms in total. The molecular weight excluding hydrogens is 352 g/mol. The van der Waals surface area contributed by atoms with Crippen molar-refractivity contribution < 1.29 is 13.9 Å². The van der Waals surface area contributed by atoms with E-state index in [0.29, 0.717) is 24.2 Å². The van der Waals surface area contributed by atoms with Crippen LogP contribution in [-0.2, 0) is 13.9 Å². The number of nitrogens with two attached hydrogens (primary N) is 2. The maximum absolute atomic E-state index is 6.25. The molecule has 0 saturated carbocycles. The average molecular weight is 380 g/mol. The van der Waals surface area contributed by atoms with Gasteiger partial charge in [-0.1, -0.05) is 0 Å². The van der Waals surface area contributed by atoms with Crippen molar-refractivity contribution >= 4 is 32.0 Å². The van der Waals surface area contributed by atoms with Gasteiger partial charge in [0, 0.05) is 6.42 Å². The van der Waals surface area contributed by atoms with Gasteiger partial charge < -0.3 is 25.4 Å². The molecule has 3 atom stereocenters. The monoisotopic (exact) mass is 379 g/mol. The predicted octanol–water partition coefficient (Wildman–Crippen LogP) is 1.73. The zero-order chi connectivity index (χ0) is 19.1. The highest BCUT2D eigenvalue weighted by molar-refractivity contribution is 6.48. The van der Waals surface area contributed by atoms with Crippen molar-refractivity contribution in [3.63, 3.8) is 0 Å². The van der Waals surface area contributed by atoms with Crippen LogP contribution in [0, 0.1) is 0 Å². The minimum absolute atomic E-state index is 0.0877. The van der Waals surface area contributed by atoms with E-state index < -0.39 is 9.04 Å². The lowest BCUT2D eigenvalue weighted by atomic mass is 10.1. The van der Waals surface area contributed by atoms with Gasteiger partial charge in [-0.3, -0.25) is 4.57 Å². The van der Waals surface area contributed by atoms with E-state index in [-0.39, 0.29) is 35.8 Å². The van der Waals surface area contributed by atoms with E-state index in [1.807, 2.05) is 25.3 Å². The topological polar surface area (TPSA) is 123 Å². The maximum Gasteiger partial charge on any atom is 0.224 e. The summed E-state index contributed by atoms with van der Waals surface area (Å²) < 4.78 is 20.2. The summed E-state index contributed by atoms with van der Waals surface area (Å²) >= 11 is 0. The Morgan fingerprint density at radius 1 is 1.31 bits per heavy atom. The minimum atomic E-state index is -0.812. The Morgan fingerprint density at radius 3 is 2.69 bits per heavy atom. The van der Waals surface area contributed by atoms with Gasteiger partial charge in [-0.25, -0.2) is 4.98 Å². The molecule has 1 radical (unpaired) electrons. The summed E-state index contributed by atoms with van der Waals surface area (Å²) in [6.45, 7) is 10.8. The Balaban J connectivity index is 1.86. The Kier molecular flexibility index (Phi) is 5.20. The SMILES string of the molecule is C[Si](C)OC[C@H]1O[C@@H](n2cnc3c(N)nc(N)nc32)C[C@@H]1OC(C)(C)C. The maximum atomic E-state index is 6.25. The van der Waals surface area contributed by atoms with E-state index in [9.17, 15) is 0 Å². The average Bonchev–Trinajstić information content (AvgIpc) is 3.07. The van der Waals surface area contributed by atoms with Crippen molar-refractivity contribution in [2.75, 3.05) is 18.1 Å². The lowest BCUT2D eigenvalue weighted by Gasteiger charge is -2.27. The third-order valence-corrected chi connectivity index (χ3v) is 4.74. The summed E-state index contributed by atoms with van der Waals surface area (Å²) in [6.07, 6.45) is 1.80. The highest BCUT2D eigenvalue weighted by Crippen LogP contribution is 2.35. The standard InChI is InChI=1S/C16H27N6O3Si/c1-16(2,3)25-9-6-11(24-10(9)7-23-26(4)5)22-8-19-12-13(17)20-15(18)21-14(12)22/h8-11H,6-7H2,1-5H3,(H4,17,18,20,21)/t9-,10+,11+/m0/s1. The number of fused-ring (bicyclic) bond motifs is 1. The van der Waals surface area contributed by atoms with Gasteiger partial charge >= 0.3 is 0 Å². The molecule has 3 heterocycles. The van der Waals surface area contributed by atoms with Crippen LogP contribution >= 0.6 is 0 Å². The number of hydrogen-bond acceptors (Lipinski definition) is 8. The normalized spacial score (nSPS) is 24.0. The largest absolute Gasteiger partial charge is 0.414 e. The first-order valence-electron chi connectivity index (χ1n) is 8.66. The number of imidazole rings is 1. The Morgan fingerprint density at radius 2 is 2.04 bits per heavy atom. The molecule has 0 spiro atoms. The van der Waals surface area contributed by atoms with Crippen molar-refractivity contribution in [3.8, 4) is 0 Å². The van der Waals surface area contributed by atoms with Crippen LogP contribution in [0.15, 0.2) is 6.33 Å². The fraction of sp³-hybridized carbons (Fsp3) is 0.688. The number of nitrogen functional groups attached to an aromatic ring is 2. The third-order valence-electron chi connectivity index (χ3n) is 4.00. The third kappa shape index (κ3) is 4.14. The minimum Gasteiger partial charge on any atom is -0.414 e. The predicted molar refractivity (Wildman–Crippen MR) is 101 cm³/mol. The molecule has 143 valence electrons. The molecule has 26 heavy (non-hydrogen) atoms. The van der Waals surface area contributed by atoms with Crippen LogP contribution in [-0.4, -0.2) is 53.0 Å². The van der Waals surface area contributed by atoms with Crippen molar-refractivity contribution in [3.05, 3.63) is 6.33 Å². The van der Waals surface area contributed by atoms with Gasteiger partial charge in [0.05, 0.1) is 24.6 Å². The molecule has 2 aromatic rings. The van der Waals surface area contributed by atoms with Gasteiger partial charge in [0.25, 0.3) is 0 Å². The first-order chi connectivity index (χ1) is 12.1. The molecular formula is C16H27N6O3Si. The first kappa shape index (κ1) is 19.0. The van der Waals surface area contributed by atoms with Crippen LogP contribution in [0.25, 0.3) is 11.2 Å². The van der Waals surface area contributed by atoms with E-state index in [4.69, 9.17) is 25.4 Å². The van der Waals surface area contributed by atoms with Gasteiger partial charge in [0.15, 0.2) is 11.5 Å². The van der Waals surface area contributed by atoms with Crippen molar-refractivity contribution in [2.45, 2.75) is 64.3 Å². The second kappa shape index (κ2) is 7.10. The van der Waals surface area contributed by atoms with E-state index >= 15 is 0 Å². The molecule has 0 unspecified atom stereocenters. The van der Waals surface area contributed by atoms with Crippen LogP contribution in [0.3, 0.4) is 0 Å².